The lowest BCUT2D eigenvalue weighted by molar-refractivity contribution is -0.142. The van der Waals surface area contributed by atoms with Crippen molar-refractivity contribution < 1.29 is 32.2 Å². The molecule has 0 saturated carbocycles. The maximum Gasteiger partial charge on any atom is 0.408 e. The quantitative estimate of drug-likeness (QED) is 0.535. The second-order valence-electron chi connectivity index (χ2n) is 7.82. The number of anilines is 1. The molecule has 1 atom stereocenters. The third kappa shape index (κ3) is 3.83. The minimum Gasteiger partial charge on any atom is -0.491 e. The smallest absolute Gasteiger partial charge is 0.408 e. The van der Waals surface area contributed by atoms with Crippen LogP contribution in [0.5, 0.6) is 11.6 Å². The van der Waals surface area contributed by atoms with Crippen LogP contribution in [0, 0.1) is 6.92 Å². The summed E-state index contributed by atoms with van der Waals surface area (Å²) in [5.74, 6) is 0.264. The molecule has 0 radical (unpaired) electrons. The molecule has 0 spiro atoms. The number of amides is 1. The van der Waals surface area contributed by atoms with Crippen LogP contribution in [0.15, 0.2) is 30.7 Å². The Kier molecular flexibility index (Phi) is 5.72. The van der Waals surface area contributed by atoms with Gasteiger partial charge in [-0.3, -0.25) is 14.4 Å². The molecule has 0 aromatic carbocycles. The largest absolute Gasteiger partial charge is 0.491 e. The van der Waals surface area contributed by atoms with Crippen LogP contribution in [0.2, 0.25) is 0 Å². The number of hydrogen-bond acceptors (Lipinski definition) is 7. The van der Waals surface area contributed by atoms with E-state index in [1.807, 2.05) is 0 Å². The summed E-state index contributed by atoms with van der Waals surface area (Å²) in [6.45, 7) is 2.10. The summed E-state index contributed by atoms with van der Waals surface area (Å²) >= 11 is 0. The Balaban J connectivity index is 1.80. The van der Waals surface area contributed by atoms with Gasteiger partial charge in [0, 0.05) is 25.1 Å². The molecule has 0 saturated heterocycles. The zero-order chi connectivity index (χ0) is 24.8. The molecule has 1 amide bonds. The van der Waals surface area contributed by atoms with Gasteiger partial charge in [-0.1, -0.05) is 0 Å². The van der Waals surface area contributed by atoms with E-state index in [1.165, 1.54) is 32.4 Å². The van der Waals surface area contributed by atoms with Gasteiger partial charge in [-0.25, -0.2) is 9.97 Å². The fraction of sp³-hybridized carbons (Fsp3) is 0.364. The van der Waals surface area contributed by atoms with E-state index in [2.05, 4.69) is 10.1 Å². The van der Waals surface area contributed by atoms with E-state index in [0.29, 0.717) is 39.7 Å². The molecule has 1 aliphatic rings. The van der Waals surface area contributed by atoms with Crippen molar-refractivity contribution in [2.75, 3.05) is 26.2 Å². The average molecular weight is 477 g/mol. The van der Waals surface area contributed by atoms with Gasteiger partial charge in [-0.2, -0.15) is 18.3 Å². The average Bonchev–Trinajstić information content (AvgIpc) is 3.31. The first-order valence-corrected chi connectivity index (χ1v) is 10.1. The molecule has 12 heteroatoms. The van der Waals surface area contributed by atoms with E-state index < -0.39 is 24.4 Å². The minimum absolute atomic E-state index is 0.158. The van der Waals surface area contributed by atoms with E-state index in [-0.39, 0.29) is 5.69 Å². The lowest BCUT2D eigenvalue weighted by Gasteiger charge is -2.32. The number of pyridine rings is 2. The highest BCUT2D eigenvalue weighted by molar-refractivity contribution is 6.12. The van der Waals surface area contributed by atoms with Gasteiger partial charge < -0.3 is 14.2 Å². The lowest BCUT2D eigenvalue weighted by atomic mass is 10.0. The second-order valence-corrected chi connectivity index (χ2v) is 7.82. The van der Waals surface area contributed by atoms with Gasteiger partial charge in [-0.15, -0.1) is 0 Å². The number of alkyl halides is 3. The van der Waals surface area contributed by atoms with Crippen LogP contribution in [0.4, 0.5) is 18.9 Å². The van der Waals surface area contributed by atoms with Gasteiger partial charge in [0.05, 0.1) is 37.4 Å². The number of rotatable bonds is 6. The first-order chi connectivity index (χ1) is 16.0. The van der Waals surface area contributed by atoms with Crippen molar-refractivity contribution in [3.8, 4) is 22.9 Å². The van der Waals surface area contributed by atoms with Crippen LogP contribution in [0.3, 0.4) is 0 Å². The molecule has 180 valence electrons. The van der Waals surface area contributed by atoms with E-state index in [0.717, 1.165) is 10.9 Å². The lowest BCUT2D eigenvalue weighted by Crippen LogP contribution is -2.43. The third-order valence-corrected chi connectivity index (χ3v) is 5.64. The number of ether oxygens (including phenoxy) is 3. The van der Waals surface area contributed by atoms with E-state index in [9.17, 15) is 18.0 Å². The van der Waals surface area contributed by atoms with Gasteiger partial charge in [0.25, 0.3) is 11.8 Å². The number of fused-ring (bicyclic) bond motifs is 1. The zero-order valence-electron chi connectivity index (χ0n) is 19.1. The van der Waals surface area contributed by atoms with Crippen molar-refractivity contribution >= 4 is 11.6 Å². The number of aromatic nitrogens is 4. The summed E-state index contributed by atoms with van der Waals surface area (Å²) in [5, 5.41) is 3.76. The summed E-state index contributed by atoms with van der Waals surface area (Å²) in [7, 11) is 4.36. The zero-order valence-corrected chi connectivity index (χ0v) is 19.1. The molecule has 1 unspecified atom stereocenters. The Hall–Kier alpha value is -3.67. The second kappa shape index (κ2) is 8.28. The number of halogens is 3. The van der Waals surface area contributed by atoms with Crippen molar-refractivity contribution in [3.05, 3.63) is 47.5 Å². The Morgan fingerprint density at radius 2 is 1.85 bits per heavy atom. The highest BCUT2D eigenvalue weighted by Crippen LogP contribution is 2.44. The number of carbonyl (C=O) groups excluding carboxylic acids is 1. The fourth-order valence-corrected chi connectivity index (χ4v) is 4.00. The molecule has 9 nitrogen and oxygen atoms in total. The molecular weight excluding hydrogens is 455 g/mol. The fourth-order valence-electron chi connectivity index (χ4n) is 4.00. The summed E-state index contributed by atoms with van der Waals surface area (Å²) in [6.07, 6.45) is -0.536. The van der Waals surface area contributed by atoms with Gasteiger partial charge in [0.2, 0.25) is 0 Å². The number of aryl methyl sites for hydroxylation is 1. The molecule has 0 aliphatic carbocycles. The van der Waals surface area contributed by atoms with Gasteiger partial charge in [0.1, 0.15) is 12.2 Å². The molecule has 34 heavy (non-hydrogen) atoms. The van der Waals surface area contributed by atoms with Gasteiger partial charge in [-0.05, 0) is 31.5 Å². The predicted molar refractivity (Wildman–Crippen MR) is 115 cm³/mol. The van der Waals surface area contributed by atoms with Crippen LogP contribution in [0.25, 0.3) is 11.3 Å². The van der Waals surface area contributed by atoms with Crippen molar-refractivity contribution in [2.45, 2.75) is 32.3 Å². The minimum atomic E-state index is -4.45. The predicted octanol–water partition coefficient (Wildman–Crippen LogP) is 3.71. The van der Waals surface area contributed by atoms with Crippen molar-refractivity contribution in [2.24, 2.45) is 0 Å². The number of nitrogens with zero attached hydrogens (tertiary/aromatic N) is 5. The highest BCUT2D eigenvalue weighted by atomic mass is 19.4. The van der Waals surface area contributed by atoms with Crippen molar-refractivity contribution in [3.63, 3.8) is 0 Å². The monoisotopic (exact) mass is 477 g/mol. The molecule has 1 aliphatic heterocycles. The van der Waals surface area contributed by atoms with Crippen molar-refractivity contribution in [1.29, 1.82) is 0 Å². The van der Waals surface area contributed by atoms with Gasteiger partial charge in [0.15, 0.2) is 11.5 Å². The first-order valence-electron chi connectivity index (χ1n) is 10.1. The number of methoxy groups -OCH3 is 3. The van der Waals surface area contributed by atoms with Crippen LogP contribution in [0.1, 0.15) is 28.5 Å². The van der Waals surface area contributed by atoms with Gasteiger partial charge >= 0.3 is 6.18 Å². The summed E-state index contributed by atoms with van der Waals surface area (Å²) in [5.41, 5.74) is 1.15. The SMILES string of the molecule is COc1cc(-c2cc(C)c3c(n2)C(C)(OC)N(c2cnn(CC(F)(F)F)c2)C3=O)cnc1OC. The topological polar surface area (TPSA) is 91.6 Å². The third-order valence-electron chi connectivity index (χ3n) is 5.64. The molecular formula is C22H22F3N5O4. The first kappa shape index (κ1) is 23.5. The van der Waals surface area contributed by atoms with Crippen molar-refractivity contribution in [1.82, 2.24) is 19.7 Å². The maximum atomic E-state index is 13.4. The standard InChI is InChI=1S/C22H22F3N5O4/c1-12-6-15(13-7-16(32-3)19(33-4)26-8-13)28-18-17(12)20(31)30(21(18,2)34-5)14-9-27-29(10-14)11-22(23,24)25/h6-10H,11H2,1-5H3. The summed E-state index contributed by atoms with van der Waals surface area (Å²) in [6, 6.07) is 3.44. The van der Waals surface area contributed by atoms with Crippen LogP contribution < -0.4 is 14.4 Å². The van der Waals surface area contributed by atoms with E-state index in [4.69, 9.17) is 19.2 Å². The number of hydrogen-bond donors (Lipinski definition) is 0. The normalized spacial score (nSPS) is 17.8. The maximum absolute atomic E-state index is 13.4. The van der Waals surface area contributed by atoms with Crippen LogP contribution in [-0.4, -0.2) is 53.2 Å². The molecule has 4 rings (SSSR count). The van der Waals surface area contributed by atoms with Crippen LogP contribution in [-0.2, 0) is 17.0 Å². The van der Waals surface area contributed by atoms with E-state index >= 15 is 0 Å². The molecule has 4 heterocycles. The molecule has 0 N–H and O–H groups in total. The Morgan fingerprint density at radius 3 is 2.47 bits per heavy atom. The number of carbonyl (C=O) groups is 1. The molecule has 0 fully saturated rings. The van der Waals surface area contributed by atoms with E-state index in [1.54, 1.807) is 32.2 Å². The summed E-state index contributed by atoms with van der Waals surface area (Å²) in [4.78, 5) is 23.6. The molecule has 3 aromatic heterocycles. The van der Waals surface area contributed by atoms with Crippen LogP contribution >= 0.6 is 0 Å². The highest BCUT2D eigenvalue weighted by Gasteiger charge is 2.50. The Morgan fingerprint density at radius 1 is 1.12 bits per heavy atom. The Labute approximate surface area is 193 Å². The summed E-state index contributed by atoms with van der Waals surface area (Å²) < 4.78 is 55.3. The Bertz CT molecular complexity index is 1260. The molecule has 3 aromatic rings. The molecule has 0 bridgehead atoms.